The zero-order valence-corrected chi connectivity index (χ0v) is 61.8. The normalized spacial score (nSPS) is 9.96. The number of aromatic carboxylic acids is 1. The smallest absolute Gasteiger partial charge is 1.00 e. The molecule has 76 heavy (non-hydrogen) atoms. The molecule has 0 bridgehead atoms. The summed E-state index contributed by atoms with van der Waals surface area (Å²) in [6.07, 6.45) is 25.3. The van der Waals surface area contributed by atoms with Crippen LogP contribution in [0.4, 0.5) is 0 Å². The van der Waals surface area contributed by atoms with Crippen LogP contribution in [0.1, 0.15) is 64.3 Å². The first kappa shape index (κ1) is 76.3. The van der Waals surface area contributed by atoms with E-state index in [4.69, 9.17) is 14.6 Å². The molecular formula is C48H66BBrCsFN6O8S8Si2+. The third kappa shape index (κ3) is 28.6. The number of carbonyl (C=O) groups excluding carboxylic acids is 3. The number of carboxylic acids is 1. The van der Waals surface area contributed by atoms with E-state index in [2.05, 4.69) is 125 Å². The molecule has 0 aliphatic heterocycles. The SMILES string of the molecule is C#CC(=O)OCC.CCOC(=O)c1c(Br)cn2ccsc12.CCOC(=O)c1ccn2ccsc12.CC[Si](C)(C)C.CSc1nccs1.CSc1scc[n+]1C[Si](C)(C)C.Cc1cn2ccsc2c1C(=O)O.[B]=NS.[Cs+].[F-]. The van der Waals surface area contributed by atoms with Crippen LogP contribution in [0.2, 0.25) is 45.3 Å². The first-order valence-corrected chi connectivity index (χ1v) is 38.0. The Balaban J connectivity index is 0. The van der Waals surface area contributed by atoms with Gasteiger partial charge in [-0.1, -0.05) is 75.3 Å². The van der Waals surface area contributed by atoms with Gasteiger partial charge >= 0.3 is 118 Å². The predicted molar refractivity (Wildman–Crippen MR) is 327 cm³/mol. The summed E-state index contributed by atoms with van der Waals surface area (Å²) in [4.78, 5) is 50.4. The molecule has 28 heteroatoms. The number of hydrogen-bond acceptors (Lipinski definition) is 17. The number of thiazole rings is 5. The van der Waals surface area contributed by atoms with Gasteiger partial charge in [-0.3, -0.25) is 0 Å². The van der Waals surface area contributed by atoms with Gasteiger partial charge in [0.05, 0.1) is 40.8 Å². The second-order valence-electron chi connectivity index (χ2n) is 16.8. The minimum atomic E-state index is -0.953. The van der Waals surface area contributed by atoms with Crippen LogP contribution >= 0.6 is 109 Å². The maximum atomic E-state index is 11.6. The topological polar surface area (TPSA) is 159 Å². The van der Waals surface area contributed by atoms with E-state index in [1.165, 1.54) is 50.6 Å². The predicted octanol–water partition coefficient (Wildman–Crippen LogP) is 8.34. The maximum Gasteiger partial charge on any atom is 1.00 e. The second kappa shape index (κ2) is 41.3. The minimum absolute atomic E-state index is 0. The largest absolute Gasteiger partial charge is 1.00 e. The van der Waals surface area contributed by atoms with Crippen LogP contribution in [0, 0.1) is 19.3 Å². The van der Waals surface area contributed by atoms with E-state index in [0.29, 0.717) is 36.5 Å². The van der Waals surface area contributed by atoms with Crippen molar-refractivity contribution in [3.8, 4) is 12.3 Å². The summed E-state index contributed by atoms with van der Waals surface area (Å²) in [6.45, 7) is 24.9. The van der Waals surface area contributed by atoms with Crippen molar-refractivity contribution in [1.29, 1.82) is 0 Å². The molecule has 0 aromatic carbocycles. The maximum absolute atomic E-state index is 11.6. The quantitative estimate of drug-likeness (QED) is 0.0188. The third-order valence-electron chi connectivity index (χ3n) is 8.88. The zero-order chi connectivity index (χ0) is 56.0. The summed E-state index contributed by atoms with van der Waals surface area (Å²) in [5.41, 5.74) is 2.50. The molecule has 8 heterocycles. The number of rotatable bonds is 11. The Morgan fingerprint density at radius 3 is 1.74 bits per heavy atom. The number of nitrogens with zero attached hydrogens (tertiary/aromatic N) is 6. The van der Waals surface area contributed by atoms with Crippen molar-refractivity contribution in [2.75, 3.05) is 32.3 Å². The van der Waals surface area contributed by atoms with Crippen molar-refractivity contribution in [3.05, 3.63) is 109 Å². The van der Waals surface area contributed by atoms with Gasteiger partial charge in [-0.2, -0.15) is 4.57 Å². The van der Waals surface area contributed by atoms with Crippen molar-refractivity contribution in [2.45, 2.75) is 94.8 Å². The molecule has 0 unspecified atom stereocenters. The molecule has 8 aromatic rings. The van der Waals surface area contributed by atoms with Crippen LogP contribution in [0.3, 0.4) is 0 Å². The first-order chi connectivity index (χ1) is 35.0. The second-order valence-corrected chi connectivity index (χ2v) is 35.7. The summed E-state index contributed by atoms with van der Waals surface area (Å²) < 4.78 is 28.3. The summed E-state index contributed by atoms with van der Waals surface area (Å²) >= 11 is 18.1. The van der Waals surface area contributed by atoms with Crippen LogP contribution < -0.4 is 78.2 Å². The van der Waals surface area contributed by atoms with Gasteiger partial charge in [0, 0.05) is 78.9 Å². The van der Waals surface area contributed by atoms with Crippen LogP contribution in [0.5, 0.6) is 0 Å². The van der Waals surface area contributed by atoms with E-state index in [-0.39, 0.29) is 85.5 Å². The Kier molecular flexibility index (Phi) is 41.4. The molecule has 0 saturated heterocycles. The van der Waals surface area contributed by atoms with Crippen LogP contribution in [-0.4, -0.2) is 103 Å². The molecule has 0 atom stereocenters. The number of terminal acetylenes is 1. The number of esters is 3. The minimum Gasteiger partial charge on any atom is -1.00 e. The number of thioether (sulfide) groups is 2. The Morgan fingerprint density at radius 1 is 0.789 bits per heavy atom. The van der Waals surface area contributed by atoms with Crippen molar-refractivity contribution >= 4 is 171 Å². The molecule has 1 N–H and O–H groups in total. The molecule has 409 valence electrons. The number of aromatic nitrogens is 5. The van der Waals surface area contributed by atoms with Gasteiger partial charge in [0.2, 0.25) is 0 Å². The number of thiol groups is 1. The Hall–Kier alpha value is -1.77. The van der Waals surface area contributed by atoms with E-state index >= 15 is 0 Å². The number of carbonyl (C=O) groups is 4. The summed E-state index contributed by atoms with van der Waals surface area (Å²) in [6, 6.07) is 3.19. The first-order valence-electron chi connectivity index (χ1n) is 22.5. The molecule has 14 nitrogen and oxygen atoms in total. The monoisotopic (exact) mass is 1410 g/mol. The van der Waals surface area contributed by atoms with Crippen molar-refractivity contribution < 1.29 is 117 Å². The van der Waals surface area contributed by atoms with Crippen LogP contribution in [0.15, 0.2) is 100.0 Å². The third-order valence-corrected chi connectivity index (χ3v) is 19.5. The van der Waals surface area contributed by atoms with E-state index in [1.807, 2.05) is 114 Å². The van der Waals surface area contributed by atoms with Gasteiger partial charge in [0.1, 0.15) is 38.6 Å². The number of fused-ring (bicyclic) bond motifs is 3. The Bertz CT molecular complexity index is 2960. The fourth-order valence-corrected chi connectivity index (χ4v) is 12.7. The molecule has 0 amide bonds. The van der Waals surface area contributed by atoms with E-state index in [9.17, 15) is 19.2 Å². The van der Waals surface area contributed by atoms with Gasteiger partial charge in [0.25, 0.3) is 4.34 Å². The van der Waals surface area contributed by atoms with E-state index in [1.54, 1.807) is 55.9 Å². The van der Waals surface area contributed by atoms with Gasteiger partial charge in [0.15, 0.2) is 6.20 Å². The Labute approximate surface area is 551 Å². The summed E-state index contributed by atoms with van der Waals surface area (Å²) in [5.74, 6) is -0.157. The van der Waals surface area contributed by atoms with Gasteiger partial charge < -0.3 is 37.2 Å². The molecule has 1 radical (unpaired) electrons. The molecule has 0 fully saturated rings. The van der Waals surface area contributed by atoms with Gasteiger partial charge in [-0.25, -0.2) is 24.2 Å². The standard InChI is InChI=1S/C9H8BrNO2S.C9H9NO2S.C8H7NO2S.C8H16NS2Si.C5H6O2.C5H14Si.C4H5NS2.BHNS.Cs.FH/c1-2-13-9(12)7-6(10)5-11-3-4-14-8(7)11;1-2-12-9(11)7-3-4-10-5-6-13-8(7)10;1-5-4-9-2-3-12-7(9)6(5)8(10)11;1-10-8-9(5-6-11-8)7-12(2,3)4;1-3-5(6)7-4-2;1-5-6(2,3)4;1-6-4-5-2-3-7-4;1-2-3;;/h3-5H,2H2,1H3;3-6H,2H2,1H3;2-4H,1H3,(H,10,11);5-6H,7H2,1-4H3;1H,4H2,2H3;5H2,1-4H3;2-3H,1H3;3H;;1H/q;;;+1;;;;;+1;/p-1. The zero-order valence-electron chi connectivity index (χ0n) is 45.3. The summed E-state index contributed by atoms with van der Waals surface area (Å²) in [7, 11) is 2.75. The van der Waals surface area contributed by atoms with Crippen molar-refractivity contribution in [2.24, 2.45) is 4.30 Å². The van der Waals surface area contributed by atoms with Gasteiger partial charge in [-0.05, 0) is 79.5 Å². The van der Waals surface area contributed by atoms with E-state index in [0.717, 1.165) is 28.9 Å². The van der Waals surface area contributed by atoms with Crippen molar-refractivity contribution in [3.63, 3.8) is 0 Å². The molecule has 0 saturated carbocycles. The molecular weight excluding hydrogens is 1340 g/mol. The molecule has 0 aliphatic rings. The molecule has 0 aliphatic carbocycles. The van der Waals surface area contributed by atoms with Crippen LogP contribution in [0.25, 0.3) is 14.5 Å². The number of hydrogen-bond donors (Lipinski definition) is 2. The van der Waals surface area contributed by atoms with Crippen LogP contribution in [-0.2, 0) is 25.2 Å². The molecule has 8 aromatic heterocycles. The average Bonchev–Trinajstić information content (AvgIpc) is 4.19. The fourth-order valence-electron chi connectivity index (χ4n) is 5.30. The van der Waals surface area contributed by atoms with E-state index < -0.39 is 28.1 Å². The van der Waals surface area contributed by atoms with Crippen molar-refractivity contribution in [1.82, 2.24) is 18.2 Å². The van der Waals surface area contributed by atoms with Gasteiger partial charge in [-0.15, -0.1) is 51.8 Å². The molecule has 0 spiro atoms. The average molecular weight is 1410 g/mol. The number of carboxylic acid groups (broad SMARTS) is 1. The number of aryl methyl sites for hydroxylation is 1. The molecule has 8 rings (SSSR count). The summed E-state index contributed by atoms with van der Waals surface area (Å²) in [5, 5.41) is 18.8. The number of halogens is 2. The number of ether oxygens (including phenoxy) is 3. The fraction of sp³-hybridized carbons (Fsp3) is 0.375. The Morgan fingerprint density at radius 2 is 1.30 bits per heavy atom.